The number of carbonyl (C=O) groups excluding carboxylic acids is 1. The number of urea groups is 1. The Balaban J connectivity index is 1.53. The SMILES string of the molecule is CC1OCCC1S(=O)(=O)Cc1csc(NC(=O)NCc2cccc(F)c2)n1. The van der Waals surface area contributed by atoms with Crippen molar-refractivity contribution in [2.45, 2.75) is 37.0 Å². The molecule has 27 heavy (non-hydrogen) atoms. The Morgan fingerprint density at radius 2 is 2.26 bits per heavy atom. The van der Waals surface area contributed by atoms with Gasteiger partial charge in [0, 0.05) is 18.5 Å². The number of aromatic nitrogens is 1. The lowest BCUT2D eigenvalue weighted by molar-refractivity contribution is 0.126. The molecule has 0 spiro atoms. The number of hydrogen-bond donors (Lipinski definition) is 2. The number of nitrogens with zero attached hydrogens (tertiary/aromatic N) is 1. The van der Waals surface area contributed by atoms with Gasteiger partial charge in [-0.1, -0.05) is 12.1 Å². The number of benzene rings is 1. The third kappa shape index (κ3) is 5.24. The number of amides is 2. The number of halogens is 1. The number of ether oxygens (including phenoxy) is 1. The third-order valence-electron chi connectivity index (χ3n) is 4.23. The van der Waals surface area contributed by atoms with Crippen molar-refractivity contribution in [3.8, 4) is 0 Å². The minimum Gasteiger partial charge on any atom is -0.377 e. The van der Waals surface area contributed by atoms with E-state index >= 15 is 0 Å². The number of carbonyl (C=O) groups is 1. The van der Waals surface area contributed by atoms with Crippen LogP contribution in [0.25, 0.3) is 0 Å². The minimum absolute atomic E-state index is 0.162. The van der Waals surface area contributed by atoms with Crippen LogP contribution in [0.3, 0.4) is 0 Å². The number of nitrogens with one attached hydrogen (secondary N) is 2. The molecule has 146 valence electrons. The molecule has 2 aromatic rings. The standard InChI is InChI=1S/C17H20FN3O4S2/c1-11-15(5-6-25-11)27(23,24)10-14-9-26-17(20-14)21-16(22)19-8-12-3-2-4-13(18)7-12/h2-4,7,9,11,15H,5-6,8,10H2,1H3,(H2,19,20,21,22). The first-order chi connectivity index (χ1) is 12.8. The molecule has 1 aromatic carbocycles. The normalized spacial score (nSPS) is 19.8. The van der Waals surface area contributed by atoms with E-state index in [9.17, 15) is 17.6 Å². The van der Waals surface area contributed by atoms with E-state index in [-0.39, 0.29) is 24.2 Å². The molecular formula is C17H20FN3O4S2. The molecule has 2 atom stereocenters. The van der Waals surface area contributed by atoms with Crippen LogP contribution in [0.4, 0.5) is 14.3 Å². The predicted molar refractivity (Wildman–Crippen MR) is 101 cm³/mol. The quantitative estimate of drug-likeness (QED) is 0.759. The summed E-state index contributed by atoms with van der Waals surface area (Å²) in [5.74, 6) is -0.559. The first-order valence-electron chi connectivity index (χ1n) is 8.40. The van der Waals surface area contributed by atoms with Crippen LogP contribution in [0.1, 0.15) is 24.6 Å². The molecule has 1 saturated heterocycles. The molecule has 2 unspecified atom stereocenters. The van der Waals surface area contributed by atoms with Gasteiger partial charge in [0.05, 0.1) is 22.8 Å². The van der Waals surface area contributed by atoms with Crippen LogP contribution in [-0.2, 0) is 26.9 Å². The van der Waals surface area contributed by atoms with Crippen LogP contribution >= 0.6 is 11.3 Å². The first-order valence-corrected chi connectivity index (χ1v) is 11.0. The monoisotopic (exact) mass is 413 g/mol. The molecule has 1 aliphatic heterocycles. The van der Waals surface area contributed by atoms with Crippen LogP contribution in [0, 0.1) is 5.82 Å². The Hall–Kier alpha value is -2.04. The van der Waals surface area contributed by atoms with E-state index in [2.05, 4.69) is 15.6 Å². The van der Waals surface area contributed by atoms with Gasteiger partial charge in [0.1, 0.15) is 5.82 Å². The van der Waals surface area contributed by atoms with Crippen molar-refractivity contribution in [3.63, 3.8) is 0 Å². The third-order valence-corrected chi connectivity index (χ3v) is 7.28. The summed E-state index contributed by atoms with van der Waals surface area (Å²) in [5, 5.41) is 6.54. The zero-order valence-corrected chi connectivity index (χ0v) is 16.3. The summed E-state index contributed by atoms with van der Waals surface area (Å²) in [6, 6.07) is 5.42. The van der Waals surface area contributed by atoms with Crippen LogP contribution in [0.15, 0.2) is 29.6 Å². The Kier molecular flexibility index (Phi) is 6.08. The number of anilines is 1. The molecule has 2 N–H and O–H groups in total. The lowest BCUT2D eigenvalue weighted by Crippen LogP contribution is -2.29. The van der Waals surface area contributed by atoms with Crippen molar-refractivity contribution in [1.82, 2.24) is 10.3 Å². The summed E-state index contributed by atoms with van der Waals surface area (Å²) in [7, 11) is -3.37. The van der Waals surface area contributed by atoms with Gasteiger partial charge in [-0.3, -0.25) is 5.32 Å². The highest BCUT2D eigenvalue weighted by atomic mass is 32.2. The molecule has 0 aliphatic carbocycles. The van der Waals surface area contributed by atoms with E-state index in [1.807, 2.05) is 0 Å². The highest BCUT2D eigenvalue weighted by Gasteiger charge is 2.36. The number of hydrogen-bond acceptors (Lipinski definition) is 6. The zero-order valence-electron chi connectivity index (χ0n) is 14.6. The number of rotatable bonds is 6. The second-order valence-electron chi connectivity index (χ2n) is 6.29. The van der Waals surface area contributed by atoms with Gasteiger partial charge >= 0.3 is 6.03 Å². The molecule has 1 aliphatic rings. The lowest BCUT2D eigenvalue weighted by Gasteiger charge is -2.13. The largest absolute Gasteiger partial charge is 0.377 e. The second-order valence-corrected chi connectivity index (χ2v) is 9.37. The van der Waals surface area contributed by atoms with Gasteiger partial charge in [0.15, 0.2) is 15.0 Å². The van der Waals surface area contributed by atoms with Crippen molar-refractivity contribution in [3.05, 3.63) is 46.7 Å². The molecule has 1 aromatic heterocycles. The molecule has 10 heteroatoms. The van der Waals surface area contributed by atoms with E-state index in [4.69, 9.17) is 4.74 Å². The Morgan fingerprint density at radius 3 is 2.96 bits per heavy atom. The van der Waals surface area contributed by atoms with E-state index in [1.54, 1.807) is 24.4 Å². The van der Waals surface area contributed by atoms with Gasteiger partial charge in [-0.2, -0.15) is 0 Å². The van der Waals surface area contributed by atoms with Gasteiger partial charge in [-0.15, -0.1) is 11.3 Å². The molecular weight excluding hydrogens is 393 g/mol. The molecule has 0 saturated carbocycles. The Bertz CT molecular complexity index is 916. The van der Waals surface area contributed by atoms with E-state index in [0.717, 1.165) is 11.3 Å². The molecule has 2 heterocycles. The number of sulfone groups is 1. The van der Waals surface area contributed by atoms with Crippen molar-refractivity contribution in [2.75, 3.05) is 11.9 Å². The summed E-state index contributed by atoms with van der Waals surface area (Å²) in [6.45, 7) is 2.36. The van der Waals surface area contributed by atoms with Crippen LogP contribution < -0.4 is 10.6 Å². The van der Waals surface area contributed by atoms with Crippen LogP contribution in [0.2, 0.25) is 0 Å². The molecule has 1 fully saturated rings. The smallest absolute Gasteiger partial charge is 0.321 e. The average Bonchev–Trinajstić information content (AvgIpc) is 3.22. The van der Waals surface area contributed by atoms with E-state index in [1.165, 1.54) is 12.1 Å². The Morgan fingerprint density at radius 1 is 1.44 bits per heavy atom. The summed E-state index contributed by atoms with van der Waals surface area (Å²) in [6.07, 6.45) is 0.168. The first kappa shape index (κ1) is 19.7. The Labute approximate surface area is 160 Å². The number of thiazole rings is 1. The van der Waals surface area contributed by atoms with Crippen molar-refractivity contribution >= 4 is 32.3 Å². The van der Waals surface area contributed by atoms with E-state index in [0.29, 0.717) is 29.4 Å². The average molecular weight is 413 g/mol. The molecule has 0 radical (unpaired) electrons. The molecule has 3 rings (SSSR count). The van der Waals surface area contributed by atoms with E-state index < -0.39 is 21.1 Å². The summed E-state index contributed by atoms with van der Waals surface area (Å²) in [5.41, 5.74) is 1.02. The highest BCUT2D eigenvalue weighted by molar-refractivity contribution is 7.91. The van der Waals surface area contributed by atoms with Gasteiger partial charge in [-0.05, 0) is 31.0 Å². The maximum atomic E-state index is 13.1. The van der Waals surface area contributed by atoms with Gasteiger partial charge in [0.25, 0.3) is 0 Å². The summed E-state index contributed by atoms with van der Waals surface area (Å²) >= 11 is 1.15. The van der Waals surface area contributed by atoms with Crippen LogP contribution in [-0.4, -0.2) is 37.4 Å². The maximum absolute atomic E-state index is 13.1. The summed E-state index contributed by atoms with van der Waals surface area (Å²) in [4.78, 5) is 16.1. The van der Waals surface area contributed by atoms with Gasteiger partial charge in [-0.25, -0.2) is 22.6 Å². The fourth-order valence-corrected chi connectivity index (χ4v) is 5.60. The minimum atomic E-state index is -3.37. The van der Waals surface area contributed by atoms with Crippen LogP contribution in [0.5, 0.6) is 0 Å². The highest BCUT2D eigenvalue weighted by Crippen LogP contribution is 2.25. The molecule has 7 nitrogen and oxygen atoms in total. The van der Waals surface area contributed by atoms with Crippen molar-refractivity contribution in [2.24, 2.45) is 0 Å². The zero-order chi connectivity index (χ0) is 19.4. The van der Waals surface area contributed by atoms with Crippen molar-refractivity contribution in [1.29, 1.82) is 0 Å². The van der Waals surface area contributed by atoms with Gasteiger partial charge < -0.3 is 10.1 Å². The fraction of sp³-hybridized carbons (Fsp3) is 0.412. The molecule has 2 amide bonds. The predicted octanol–water partition coefficient (Wildman–Crippen LogP) is 2.70. The van der Waals surface area contributed by atoms with Gasteiger partial charge in [0.2, 0.25) is 0 Å². The topological polar surface area (TPSA) is 97.4 Å². The maximum Gasteiger partial charge on any atom is 0.321 e. The second kappa shape index (κ2) is 8.32. The lowest BCUT2D eigenvalue weighted by atomic mass is 10.2. The fourth-order valence-electron chi connectivity index (χ4n) is 2.90. The van der Waals surface area contributed by atoms with Crippen molar-refractivity contribution < 1.29 is 22.3 Å². The molecule has 0 bridgehead atoms. The summed E-state index contributed by atoms with van der Waals surface area (Å²) < 4.78 is 43.4.